The molecule has 0 fully saturated rings. The van der Waals surface area contributed by atoms with Crippen LogP contribution in [0.5, 0.6) is 0 Å². The lowest BCUT2D eigenvalue weighted by Gasteiger charge is -2.24. The minimum absolute atomic E-state index is 0.169. The van der Waals surface area contributed by atoms with Gasteiger partial charge in [-0.25, -0.2) is 0 Å². The average Bonchev–Trinajstić information content (AvgIpc) is 2.68. The third-order valence-corrected chi connectivity index (χ3v) is 6.70. The molecule has 1 N–H and O–H groups in total. The number of aliphatic hydroxyl groups excluding tert-OH is 1. The Morgan fingerprint density at radius 3 is 1.63 bits per heavy atom. The Balaban J connectivity index is 1.94. The summed E-state index contributed by atoms with van der Waals surface area (Å²) in [6.07, 6.45) is 11.2. The number of halogens is 2. The molecule has 0 saturated carbocycles. The van der Waals surface area contributed by atoms with Crippen molar-refractivity contribution in [2.24, 2.45) is 0 Å². The van der Waals surface area contributed by atoms with Gasteiger partial charge in [-0.3, -0.25) is 0 Å². The van der Waals surface area contributed by atoms with Crippen LogP contribution in [0.1, 0.15) is 87.9 Å². The number of aliphatic hydroxyl groups is 1. The zero-order chi connectivity index (χ0) is 19.5. The zero-order valence-corrected chi connectivity index (χ0v) is 20.7. The predicted octanol–water partition coefficient (Wildman–Crippen LogP) is 8.24. The van der Waals surface area contributed by atoms with Gasteiger partial charge in [0.2, 0.25) is 0 Å². The molecule has 1 nitrogen and oxygen atoms in total. The molecular formula is C24H32I2O. The molecule has 0 amide bonds. The lowest BCUT2D eigenvalue weighted by Crippen LogP contribution is -2.11. The fourth-order valence-corrected chi connectivity index (χ4v) is 4.33. The van der Waals surface area contributed by atoms with Gasteiger partial charge in [0.25, 0.3) is 0 Å². The van der Waals surface area contributed by atoms with Gasteiger partial charge in [-0.15, -0.1) is 0 Å². The van der Waals surface area contributed by atoms with Gasteiger partial charge in [-0.1, -0.05) is 82.6 Å². The minimum Gasteiger partial charge on any atom is -0.388 e. The second-order valence-corrected chi connectivity index (χ2v) is 9.91. The minimum atomic E-state index is -0.438. The molecule has 0 radical (unpaired) electrons. The fourth-order valence-electron chi connectivity index (χ4n) is 3.61. The van der Waals surface area contributed by atoms with Gasteiger partial charge in [0.1, 0.15) is 0 Å². The molecule has 0 aliphatic rings. The summed E-state index contributed by atoms with van der Waals surface area (Å²) in [6, 6.07) is 17.0. The van der Waals surface area contributed by atoms with Gasteiger partial charge < -0.3 is 5.11 Å². The Labute approximate surface area is 192 Å². The highest BCUT2D eigenvalue weighted by Crippen LogP contribution is 2.35. The Kier molecular flexibility index (Phi) is 11.3. The van der Waals surface area contributed by atoms with Crippen molar-refractivity contribution in [3.8, 4) is 0 Å². The van der Waals surface area contributed by atoms with Crippen molar-refractivity contribution in [3.05, 3.63) is 66.8 Å². The van der Waals surface area contributed by atoms with E-state index in [1.165, 1.54) is 64.1 Å². The van der Waals surface area contributed by atoms with E-state index >= 15 is 0 Å². The lowest BCUT2D eigenvalue weighted by molar-refractivity contribution is 0.138. The van der Waals surface area contributed by atoms with Crippen molar-refractivity contribution >= 4 is 45.2 Å². The molecule has 148 valence electrons. The first-order chi connectivity index (χ1) is 13.1. The smallest absolute Gasteiger partial charge is 0.0858 e. The van der Waals surface area contributed by atoms with E-state index < -0.39 is 6.10 Å². The SMILES string of the molecule is CCCCCCCCCCC(c1ccc(I)cc1)C(O)c1ccc(I)cc1. The van der Waals surface area contributed by atoms with Crippen LogP contribution in [0, 0.1) is 7.14 Å². The highest BCUT2D eigenvalue weighted by Gasteiger charge is 2.22. The topological polar surface area (TPSA) is 20.2 Å². The van der Waals surface area contributed by atoms with E-state index in [4.69, 9.17) is 0 Å². The van der Waals surface area contributed by atoms with Crippen LogP contribution in [0.3, 0.4) is 0 Å². The van der Waals surface area contributed by atoms with Crippen molar-refractivity contribution < 1.29 is 5.11 Å². The molecule has 0 heterocycles. The van der Waals surface area contributed by atoms with E-state index in [0.29, 0.717) is 0 Å². The zero-order valence-electron chi connectivity index (χ0n) is 16.3. The summed E-state index contributed by atoms with van der Waals surface area (Å²) in [4.78, 5) is 0. The molecule has 0 aliphatic carbocycles. The van der Waals surface area contributed by atoms with Crippen molar-refractivity contribution in [1.82, 2.24) is 0 Å². The third-order valence-electron chi connectivity index (χ3n) is 5.26. The van der Waals surface area contributed by atoms with Crippen LogP contribution in [-0.2, 0) is 0 Å². The van der Waals surface area contributed by atoms with Crippen molar-refractivity contribution in [3.63, 3.8) is 0 Å². The van der Waals surface area contributed by atoms with Crippen LogP contribution in [0.15, 0.2) is 48.5 Å². The van der Waals surface area contributed by atoms with Crippen LogP contribution in [0.2, 0.25) is 0 Å². The van der Waals surface area contributed by atoms with E-state index in [9.17, 15) is 5.11 Å². The largest absolute Gasteiger partial charge is 0.388 e. The van der Waals surface area contributed by atoms with Crippen LogP contribution in [-0.4, -0.2) is 5.11 Å². The molecule has 3 heteroatoms. The Morgan fingerprint density at radius 1 is 0.667 bits per heavy atom. The second kappa shape index (κ2) is 13.2. The van der Waals surface area contributed by atoms with E-state index in [1.54, 1.807) is 0 Å². The third kappa shape index (κ3) is 8.40. The lowest BCUT2D eigenvalue weighted by atomic mass is 9.85. The van der Waals surface area contributed by atoms with Crippen LogP contribution in [0.25, 0.3) is 0 Å². The van der Waals surface area contributed by atoms with E-state index in [1.807, 2.05) is 0 Å². The molecular weight excluding hydrogens is 558 g/mol. The quantitative estimate of drug-likeness (QED) is 0.195. The van der Waals surface area contributed by atoms with Gasteiger partial charge in [0, 0.05) is 13.1 Å². The van der Waals surface area contributed by atoms with Crippen molar-refractivity contribution in [1.29, 1.82) is 0 Å². The highest BCUT2D eigenvalue weighted by atomic mass is 127. The molecule has 0 saturated heterocycles. The Bertz CT molecular complexity index is 636. The predicted molar refractivity (Wildman–Crippen MR) is 133 cm³/mol. The Hall–Kier alpha value is -0.140. The second-order valence-electron chi connectivity index (χ2n) is 7.42. The maximum atomic E-state index is 11.1. The fraction of sp³-hybridized carbons (Fsp3) is 0.500. The first-order valence-electron chi connectivity index (χ1n) is 10.3. The van der Waals surface area contributed by atoms with Crippen molar-refractivity contribution in [2.75, 3.05) is 0 Å². The van der Waals surface area contributed by atoms with Crippen molar-refractivity contribution in [2.45, 2.75) is 76.7 Å². The van der Waals surface area contributed by atoms with Crippen LogP contribution >= 0.6 is 45.2 Å². The normalized spacial score (nSPS) is 13.5. The standard InChI is InChI=1S/C24H32I2O/c1-2-3-4-5-6-7-8-9-10-23(19-11-15-21(25)16-12-19)24(27)20-13-17-22(26)18-14-20/h11-18,23-24,27H,2-10H2,1H3. The molecule has 0 aliphatic heterocycles. The molecule has 2 aromatic rings. The monoisotopic (exact) mass is 590 g/mol. The molecule has 2 unspecified atom stereocenters. The van der Waals surface area contributed by atoms with Gasteiger partial charge in [-0.2, -0.15) is 0 Å². The molecule has 0 spiro atoms. The summed E-state index contributed by atoms with van der Waals surface area (Å²) in [5.41, 5.74) is 2.28. The van der Waals surface area contributed by atoms with E-state index in [2.05, 4.69) is 101 Å². The summed E-state index contributed by atoms with van der Waals surface area (Å²) >= 11 is 4.66. The van der Waals surface area contributed by atoms with Crippen LogP contribution < -0.4 is 0 Å². The number of hydrogen-bond donors (Lipinski definition) is 1. The molecule has 0 aromatic heterocycles. The molecule has 27 heavy (non-hydrogen) atoms. The summed E-state index contributed by atoms with van der Waals surface area (Å²) in [7, 11) is 0. The van der Waals surface area contributed by atoms with Gasteiger partial charge >= 0.3 is 0 Å². The molecule has 2 atom stereocenters. The van der Waals surface area contributed by atoms with E-state index in [0.717, 1.165) is 12.0 Å². The van der Waals surface area contributed by atoms with Gasteiger partial charge in [0.05, 0.1) is 6.10 Å². The maximum absolute atomic E-state index is 11.1. The highest BCUT2D eigenvalue weighted by molar-refractivity contribution is 14.1. The maximum Gasteiger partial charge on any atom is 0.0858 e. The summed E-state index contributed by atoms with van der Waals surface area (Å²) in [5, 5.41) is 11.1. The Morgan fingerprint density at radius 2 is 1.11 bits per heavy atom. The number of unbranched alkanes of at least 4 members (excludes halogenated alkanes) is 7. The number of rotatable bonds is 12. The number of hydrogen-bond acceptors (Lipinski definition) is 1. The summed E-state index contributed by atoms with van der Waals surface area (Å²) < 4.78 is 2.45. The van der Waals surface area contributed by atoms with Gasteiger partial charge in [0.15, 0.2) is 0 Å². The summed E-state index contributed by atoms with van der Waals surface area (Å²) in [6.45, 7) is 2.27. The van der Waals surface area contributed by atoms with E-state index in [-0.39, 0.29) is 5.92 Å². The first kappa shape index (κ1) is 23.1. The average molecular weight is 590 g/mol. The van der Waals surface area contributed by atoms with Gasteiger partial charge in [-0.05, 0) is 87.0 Å². The summed E-state index contributed by atoms with van der Waals surface area (Å²) in [5.74, 6) is 0.169. The molecule has 2 rings (SSSR count). The number of benzene rings is 2. The van der Waals surface area contributed by atoms with Crippen LogP contribution in [0.4, 0.5) is 0 Å². The molecule has 0 bridgehead atoms. The first-order valence-corrected chi connectivity index (χ1v) is 12.5. The molecule has 2 aromatic carbocycles.